The van der Waals surface area contributed by atoms with Crippen molar-refractivity contribution >= 4 is 29.2 Å². The molecule has 25 heavy (non-hydrogen) atoms. The number of nitrogens with zero attached hydrogens (tertiary/aromatic N) is 3. The van der Waals surface area contributed by atoms with Gasteiger partial charge in [0, 0.05) is 17.1 Å². The lowest BCUT2D eigenvalue weighted by atomic mass is 10.0. The lowest BCUT2D eigenvalue weighted by Crippen LogP contribution is -2.13. The maximum atomic E-state index is 12.9. The largest absolute Gasteiger partial charge is 0.278 e. The molecule has 0 atom stereocenters. The van der Waals surface area contributed by atoms with Crippen molar-refractivity contribution in [3.8, 4) is 11.3 Å². The van der Waals surface area contributed by atoms with Crippen LogP contribution in [0.2, 0.25) is 0 Å². The Morgan fingerprint density at radius 1 is 1.00 bits per heavy atom. The Morgan fingerprint density at radius 3 is 2.44 bits per heavy atom. The van der Waals surface area contributed by atoms with Crippen LogP contribution in [0, 0.1) is 6.92 Å². The van der Waals surface area contributed by atoms with E-state index in [4.69, 9.17) is 4.98 Å². The molecule has 0 aliphatic carbocycles. The Bertz CT molecular complexity index is 1040. The van der Waals surface area contributed by atoms with Gasteiger partial charge in [0.25, 0.3) is 5.91 Å². The second-order valence-corrected chi connectivity index (χ2v) is 5.71. The molecule has 0 aliphatic rings. The van der Waals surface area contributed by atoms with Crippen molar-refractivity contribution in [2.24, 2.45) is 0 Å². The molecule has 2 aromatic carbocycles. The van der Waals surface area contributed by atoms with Crippen LogP contribution in [-0.4, -0.2) is 20.7 Å². The van der Waals surface area contributed by atoms with Gasteiger partial charge in [0.15, 0.2) is 0 Å². The molecule has 4 aromatic rings. The maximum absolute atomic E-state index is 12.9. The second kappa shape index (κ2) is 6.87. The molecule has 0 amide bonds. The van der Waals surface area contributed by atoms with E-state index in [1.54, 1.807) is 12.4 Å². The minimum absolute atomic E-state index is 0. The SMILES string of the molecule is Cc1cnn(C(=O)c2cc(-c3ccccc3)nc3ccccc23)c1.Cl. The number of carbonyl (C=O) groups excluding carboxylic acids is 1. The van der Waals surface area contributed by atoms with Gasteiger partial charge in [-0.05, 0) is 24.6 Å². The molecule has 0 fully saturated rings. The topological polar surface area (TPSA) is 47.8 Å². The van der Waals surface area contributed by atoms with Gasteiger partial charge in [-0.25, -0.2) is 9.67 Å². The molecule has 0 saturated carbocycles. The van der Waals surface area contributed by atoms with Crippen LogP contribution in [0.1, 0.15) is 15.9 Å². The summed E-state index contributed by atoms with van der Waals surface area (Å²) in [4.78, 5) is 17.6. The number of hydrogen-bond acceptors (Lipinski definition) is 3. The fourth-order valence-electron chi connectivity index (χ4n) is 2.76. The third-order valence-electron chi connectivity index (χ3n) is 3.94. The van der Waals surface area contributed by atoms with Crippen molar-refractivity contribution in [3.05, 3.63) is 84.2 Å². The predicted molar refractivity (Wildman–Crippen MR) is 101 cm³/mol. The molecule has 5 heteroatoms. The van der Waals surface area contributed by atoms with Crippen LogP contribution in [0.25, 0.3) is 22.2 Å². The van der Waals surface area contributed by atoms with Gasteiger partial charge in [0.2, 0.25) is 0 Å². The minimum atomic E-state index is -0.154. The molecule has 4 rings (SSSR count). The zero-order chi connectivity index (χ0) is 16.5. The Hall–Kier alpha value is -2.98. The van der Waals surface area contributed by atoms with E-state index < -0.39 is 0 Å². The molecule has 2 aromatic heterocycles. The molecule has 0 aliphatic heterocycles. The van der Waals surface area contributed by atoms with Crippen molar-refractivity contribution in [1.29, 1.82) is 0 Å². The van der Waals surface area contributed by atoms with Gasteiger partial charge in [0.1, 0.15) is 0 Å². The lowest BCUT2D eigenvalue weighted by molar-refractivity contribution is 0.0946. The number of aromatic nitrogens is 3. The fourth-order valence-corrected chi connectivity index (χ4v) is 2.76. The number of benzene rings is 2. The zero-order valence-corrected chi connectivity index (χ0v) is 14.4. The molecule has 0 unspecified atom stereocenters. The average Bonchev–Trinajstić information content (AvgIpc) is 3.07. The zero-order valence-electron chi connectivity index (χ0n) is 13.6. The summed E-state index contributed by atoms with van der Waals surface area (Å²) in [5, 5.41) is 4.98. The first-order valence-corrected chi connectivity index (χ1v) is 7.73. The molecule has 0 radical (unpaired) electrons. The first kappa shape index (κ1) is 16.9. The summed E-state index contributed by atoms with van der Waals surface area (Å²) in [6.45, 7) is 1.91. The number of hydrogen-bond donors (Lipinski definition) is 0. The summed E-state index contributed by atoms with van der Waals surface area (Å²) in [6.07, 6.45) is 3.42. The number of aryl methyl sites for hydroxylation is 1. The molecule has 0 N–H and O–H groups in total. The van der Waals surface area contributed by atoms with Crippen LogP contribution in [0.3, 0.4) is 0 Å². The first-order chi connectivity index (χ1) is 11.7. The molecular formula is C20H16ClN3O. The molecule has 0 saturated heterocycles. The Morgan fingerprint density at radius 2 is 1.72 bits per heavy atom. The van der Waals surface area contributed by atoms with E-state index >= 15 is 0 Å². The highest BCUT2D eigenvalue weighted by atomic mass is 35.5. The number of para-hydroxylation sites is 1. The standard InChI is InChI=1S/C20H15N3O.ClH/c1-14-12-21-23(13-14)20(24)17-11-19(15-7-3-2-4-8-15)22-18-10-6-5-9-16(17)18;/h2-13H,1H3;1H. The van der Waals surface area contributed by atoms with E-state index in [9.17, 15) is 4.79 Å². The van der Waals surface area contributed by atoms with Crippen LogP contribution in [0.4, 0.5) is 0 Å². The van der Waals surface area contributed by atoms with Gasteiger partial charge >= 0.3 is 0 Å². The summed E-state index contributed by atoms with van der Waals surface area (Å²) in [5.41, 5.74) is 4.11. The number of pyridine rings is 1. The molecule has 0 bridgehead atoms. The molecular weight excluding hydrogens is 334 g/mol. The molecule has 2 heterocycles. The lowest BCUT2D eigenvalue weighted by Gasteiger charge is -2.09. The van der Waals surface area contributed by atoms with E-state index in [2.05, 4.69) is 5.10 Å². The molecule has 124 valence electrons. The van der Waals surface area contributed by atoms with Crippen LogP contribution in [-0.2, 0) is 0 Å². The van der Waals surface area contributed by atoms with Gasteiger partial charge in [-0.1, -0.05) is 48.5 Å². The highest BCUT2D eigenvalue weighted by molar-refractivity contribution is 6.07. The Labute approximate surface area is 151 Å². The van der Waals surface area contributed by atoms with Crippen LogP contribution < -0.4 is 0 Å². The third-order valence-corrected chi connectivity index (χ3v) is 3.94. The summed E-state index contributed by atoms with van der Waals surface area (Å²) >= 11 is 0. The molecule has 0 spiro atoms. The second-order valence-electron chi connectivity index (χ2n) is 5.71. The van der Waals surface area contributed by atoms with E-state index in [1.165, 1.54) is 4.68 Å². The van der Waals surface area contributed by atoms with Gasteiger partial charge in [-0.3, -0.25) is 4.79 Å². The monoisotopic (exact) mass is 349 g/mol. The minimum Gasteiger partial charge on any atom is -0.267 e. The van der Waals surface area contributed by atoms with Crippen LogP contribution in [0.5, 0.6) is 0 Å². The van der Waals surface area contributed by atoms with Crippen molar-refractivity contribution < 1.29 is 4.79 Å². The van der Waals surface area contributed by atoms with E-state index in [0.29, 0.717) is 5.56 Å². The van der Waals surface area contributed by atoms with Crippen LogP contribution in [0.15, 0.2) is 73.1 Å². The fraction of sp³-hybridized carbons (Fsp3) is 0.0500. The van der Waals surface area contributed by atoms with Crippen molar-refractivity contribution in [2.75, 3.05) is 0 Å². The quantitative estimate of drug-likeness (QED) is 0.534. The van der Waals surface area contributed by atoms with E-state index in [-0.39, 0.29) is 18.3 Å². The van der Waals surface area contributed by atoms with Crippen LogP contribution >= 0.6 is 12.4 Å². The number of rotatable bonds is 2. The Kier molecular flexibility index (Phi) is 4.63. The average molecular weight is 350 g/mol. The van der Waals surface area contributed by atoms with Crippen molar-refractivity contribution in [1.82, 2.24) is 14.8 Å². The van der Waals surface area contributed by atoms with Crippen molar-refractivity contribution in [2.45, 2.75) is 6.92 Å². The smallest absolute Gasteiger partial charge is 0.267 e. The predicted octanol–water partition coefficient (Wildman–Crippen LogP) is 4.52. The summed E-state index contributed by atoms with van der Waals surface area (Å²) < 4.78 is 1.38. The third kappa shape index (κ3) is 3.16. The van der Waals surface area contributed by atoms with Gasteiger partial charge in [-0.15, -0.1) is 12.4 Å². The normalized spacial score (nSPS) is 10.4. The summed E-state index contributed by atoms with van der Waals surface area (Å²) in [6, 6.07) is 19.4. The highest BCUT2D eigenvalue weighted by Gasteiger charge is 2.16. The van der Waals surface area contributed by atoms with E-state index in [0.717, 1.165) is 27.7 Å². The highest BCUT2D eigenvalue weighted by Crippen LogP contribution is 2.25. The van der Waals surface area contributed by atoms with Gasteiger partial charge in [-0.2, -0.15) is 5.10 Å². The van der Waals surface area contributed by atoms with Crippen molar-refractivity contribution in [3.63, 3.8) is 0 Å². The number of carbonyl (C=O) groups is 1. The Balaban J connectivity index is 0.00000182. The number of fused-ring (bicyclic) bond motifs is 1. The number of halogens is 1. The van der Waals surface area contributed by atoms with Gasteiger partial charge in [0.05, 0.1) is 23.0 Å². The molecule has 4 nitrogen and oxygen atoms in total. The van der Waals surface area contributed by atoms with E-state index in [1.807, 2.05) is 67.6 Å². The van der Waals surface area contributed by atoms with Gasteiger partial charge < -0.3 is 0 Å². The summed E-state index contributed by atoms with van der Waals surface area (Å²) in [7, 11) is 0. The first-order valence-electron chi connectivity index (χ1n) is 7.73. The maximum Gasteiger partial charge on any atom is 0.278 e. The summed E-state index contributed by atoms with van der Waals surface area (Å²) in [5.74, 6) is -0.154.